The normalized spacial score (nSPS) is 17.1. The molecule has 12 heteroatoms. The van der Waals surface area contributed by atoms with Crippen LogP contribution >= 0.6 is 0 Å². The van der Waals surface area contributed by atoms with Crippen molar-refractivity contribution in [2.75, 3.05) is 6.54 Å². The quantitative estimate of drug-likeness (QED) is 0.212. The van der Waals surface area contributed by atoms with Gasteiger partial charge in [-0.1, -0.05) is 53.7 Å². The van der Waals surface area contributed by atoms with Crippen molar-refractivity contribution in [3.05, 3.63) is 100 Å². The van der Waals surface area contributed by atoms with Crippen molar-refractivity contribution in [3.8, 4) is 5.75 Å². The molecule has 3 heterocycles. The monoisotopic (exact) mass is 656 g/mol. The highest BCUT2D eigenvalue weighted by Crippen LogP contribution is 2.40. The number of aromatic nitrogens is 4. The number of fused-ring (bicyclic) bond motifs is 2. The van der Waals surface area contributed by atoms with Crippen molar-refractivity contribution in [2.24, 2.45) is 0 Å². The van der Waals surface area contributed by atoms with Crippen molar-refractivity contribution in [3.63, 3.8) is 0 Å². The molecule has 0 fully saturated rings. The van der Waals surface area contributed by atoms with E-state index in [-0.39, 0.29) is 41.6 Å². The molecule has 1 unspecified atom stereocenters. The van der Waals surface area contributed by atoms with Gasteiger partial charge in [-0.25, -0.2) is 13.1 Å². The van der Waals surface area contributed by atoms with E-state index in [1.54, 1.807) is 24.3 Å². The first kappa shape index (κ1) is 32.4. The molecule has 3 aromatic carbocycles. The molecule has 47 heavy (non-hydrogen) atoms. The Morgan fingerprint density at radius 3 is 2.60 bits per heavy atom. The standard InChI is InChI=1S/C35H40N6O5S/c1-7-26-21-40(47(43,44)31-12-10-9-11-30(31)46-26)20-25-19-24(14-13-22(25)3)32(35(5,6)36-34(42)28-17-18-45-38-28)27-15-16-29-33(23(27)4)37-39-41(29)8-2/h9-19,26,32H,7-8,20-21H2,1-6H3,(H,36,42)/t26-,32?/m1/s1. The number of hydrogen-bond acceptors (Lipinski definition) is 8. The lowest BCUT2D eigenvalue weighted by Crippen LogP contribution is -2.48. The highest BCUT2D eigenvalue weighted by Gasteiger charge is 2.38. The van der Waals surface area contributed by atoms with Crippen molar-refractivity contribution < 1.29 is 22.5 Å². The Bertz CT molecular complexity index is 2040. The van der Waals surface area contributed by atoms with E-state index in [2.05, 4.69) is 32.9 Å². The largest absolute Gasteiger partial charge is 0.488 e. The van der Waals surface area contributed by atoms with Crippen LogP contribution in [-0.4, -0.2) is 57.0 Å². The van der Waals surface area contributed by atoms with E-state index in [9.17, 15) is 13.2 Å². The third-order valence-electron chi connectivity index (χ3n) is 9.10. The number of carbonyl (C=O) groups excluding carboxylic acids is 1. The summed E-state index contributed by atoms with van der Waals surface area (Å²) in [6.45, 7) is 13.0. The van der Waals surface area contributed by atoms with Crippen LogP contribution in [0.4, 0.5) is 0 Å². The summed E-state index contributed by atoms with van der Waals surface area (Å²) in [6.07, 6.45) is 1.73. The first-order valence-corrected chi connectivity index (χ1v) is 17.3. The van der Waals surface area contributed by atoms with Crippen molar-refractivity contribution in [1.82, 2.24) is 29.8 Å². The SMILES string of the molecule is CC[C@@H]1CN(Cc2cc(C(c3ccc4c(nnn4CC)c3C)C(C)(C)NC(=O)c3ccon3)ccc2C)S(=O)(=O)c2ccccc2O1. The Kier molecular flexibility index (Phi) is 8.66. The number of benzene rings is 3. The molecule has 0 spiro atoms. The van der Waals surface area contributed by atoms with E-state index in [1.165, 1.54) is 16.6 Å². The highest BCUT2D eigenvalue weighted by molar-refractivity contribution is 7.89. The van der Waals surface area contributed by atoms with Crippen molar-refractivity contribution >= 4 is 27.0 Å². The van der Waals surface area contributed by atoms with Crippen LogP contribution in [0, 0.1) is 13.8 Å². The topological polar surface area (TPSA) is 132 Å². The number of ether oxygens (including phenoxy) is 1. The van der Waals surface area contributed by atoms with Gasteiger partial charge in [0, 0.05) is 30.6 Å². The van der Waals surface area contributed by atoms with Gasteiger partial charge >= 0.3 is 0 Å². The Morgan fingerprint density at radius 2 is 1.87 bits per heavy atom. The minimum Gasteiger partial charge on any atom is -0.488 e. The lowest BCUT2D eigenvalue weighted by atomic mass is 9.74. The number of nitrogens with one attached hydrogen (secondary N) is 1. The van der Waals surface area contributed by atoms with E-state index in [4.69, 9.17) is 9.26 Å². The average Bonchev–Trinajstić information content (AvgIpc) is 3.72. The minimum absolute atomic E-state index is 0.164. The molecule has 0 bridgehead atoms. The maximum absolute atomic E-state index is 14.0. The van der Waals surface area contributed by atoms with Crippen LogP contribution < -0.4 is 10.1 Å². The van der Waals surface area contributed by atoms with Gasteiger partial charge < -0.3 is 14.6 Å². The molecule has 0 saturated heterocycles. The predicted octanol–water partition coefficient (Wildman–Crippen LogP) is 5.76. The molecule has 2 aromatic heterocycles. The van der Waals surface area contributed by atoms with Crippen LogP contribution in [0.5, 0.6) is 5.75 Å². The summed E-state index contributed by atoms with van der Waals surface area (Å²) < 4.78 is 42.5. The first-order valence-electron chi connectivity index (χ1n) is 15.9. The molecule has 1 N–H and O–H groups in total. The maximum atomic E-state index is 14.0. The number of amides is 1. The number of carbonyl (C=O) groups is 1. The van der Waals surface area contributed by atoms with Gasteiger partial charge in [-0.15, -0.1) is 5.10 Å². The Hall–Kier alpha value is -4.55. The van der Waals surface area contributed by atoms with E-state index < -0.39 is 15.6 Å². The third-order valence-corrected chi connectivity index (χ3v) is 10.9. The Balaban J connectivity index is 1.45. The van der Waals surface area contributed by atoms with Gasteiger partial charge in [-0.3, -0.25) is 4.79 Å². The molecular formula is C35H40N6O5S. The lowest BCUT2D eigenvalue weighted by molar-refractivity contribution is 0.0896. The van der Waals surface area contributed by atoms with Crippen LogP contribution in [0.2, 0.25) is 0 Å². The van der Waals surface area contributed by atoms with E-state index in [0.717, 1.165) is 38.9 Å². The second kappa shape index (κ2) is 12.6. The fraction of sp³-hybridized carbons (Fsp3) is 0.371. The van der Waals surface area contributed by atoms with Crippen LogP contribution in [0.3, 0.4) is 0 Å². The van der Waals surface area contributed by atoms with Gasteiger partial charge in [0.2, 0.25) is 10.0 Å². The van der Waals surface area contributed by atoms with E-state index in [1.807, 2.05) is 64.4 Å². The molecule has 0 aliphatic carbocycles. The summed E-state index contributed by atoms with van der Waals surface area (Å²) in [5, 5.41) is 15.9. The third kappa shape index (κ3) is 6.03. The molecule has 11 nitrogen and oxygen atoms in total. The summed E-state index contributed by atoms with van der Waals surface area (Å²) in [6, 6.07) is 18.6. The molecule has 2 atom stereocenters. The molecule has 1 amide bonds. The average molecular weight is 657 g/mol. The number of sulfonamides is 1. The van der Waals surface area contributed by atoms with Gasteiger partial charge in [0.05, 0.1) is 12.1 Å². The zero-order valence-corrected chi connectivity index (χ0v) is 28.3. The maximum Gasteiger partial charge on any atom is 0.273 e. The number of rotatable bonds is 9. The van der Waals surface area contributed by atoms with Gasteiger partial charge in [0.25, 0.3) is 5.91 Å². The van der Waals surface area contributed by atoms with E-state index >= 15 is 0 Å². The molecule has 1 aliphatic rings. The zero-order chi connectivity index (χ0) is 33.5. The molecule has 6 rings (SSSR count). The predicted molar refractivity (Wildman–Crippen MR) is 178 cm³/mol. The lowest BCUT2D eigenvalue weighted by Gasteiger charge is -2.37. The minimum atomic E-state index is -3.85. The second-order valence-electron chi connectivity index (χ2n) is 12.6. The van der Waals surface area contributed by atoms with E-state index in [0.29, 0.717) is 18.7 Å². The highest BCUT2D eigenvalue weighted by atomic mass is 32.2. The van der Waals surface area contributed by atoms with Gasteiger partial charge in [0.1, 0.15) is 28.5 Å². The van der Waals surface area contributed by atoms with Crippen LogP contribution in [0.15, 0.2) is 76.3 Å². The summed E-state index contributed by atoms with van der Waals surface area (Å²) in [7, 11) is -3.85. The van der Waals surface area contributed by atoms with Crippen LogP contribution in [0.1, 0.15) is 78.3 Å². The Morgan fingerprint density at radius 1 is 1.09 bits per heavy atom. The molecular weight excluding hydrogens is 616 g/mol. The summed E-state index contributed by atoms with van der Waals surface area (Å²) in [4.78, 5) is 13.5. The number of nitrogens with zero attached hydrogens (tertiary/aromatic N) is 5. The first-order chi connectivity index (χ1) is 22.4. The molecule has 5 aromatic rings. The zero-order valence-electron chi connectivity index (χ0n) is 27.5. The molecule has 0 saturated carbocycles. The van der Waals surface area contributed by atoms with Crippen LogP contribution in [0.25, 0.3) is 11.0 Å². The number of para-hydroxylation sites is 1. The van der Waals surface area contributed by atoms with Gasteiger partial charge in [0.15, 0.2) is 5.69 Å². The molecule has 1 aliphatic heterocycles. The summed E-state index contributed by atoms with van der Waals surface area (Å²) >= 11 is 0. The molecule has 246 valence electrons. The fourth-order valence-electron chi connectivity index (χ4n) is 6.51. The van der Waals surface area contributed by atoms with Crippen molar-refractivity contribution in [2.45, 2.75) is 83.5 Å². The van der Waals surface area contributed by atoms with Gasteiger partial charge in [-0.05, 0) is 87.1 Å². The Labute approximate surface area is 274 Å². The van der Waals surface area contributed by atoms with Gasteiger partial charge in [-0.2, -0.15) is 4.31 Å². The molecule has 0 radical (unpaired) electrons. The van der Waals surface area contributed by atoms with Crippen LogP contribution in [-0.2, 0) is 23.1 Å². The number of hydrogen-bond donors (Lipinski definition) is 1. The summed E-state index contributed by atoms with van der Waals surface area (Å²) in [5.74, 6) is -0.346. The smallest absolute Gasteiger partial charge is 0.273 e. The second-order valence-corrected chi connectivity index (χ2v) is 14.5. The van der Waals surface area contributed by atoms with Crippen molar-refractivity contribution in [1.29, 1.82) is 0 Å². The fourth-order valence-corrected chi connectivity index (χ4v) is 8.08. The number of aryl methyl sites for hydroxylation is 3. The summed E-state index contributed by atoms with van der Waals surface area (Å²) in [5.41, 5.74) is 5.72.